The second-order valence-electron chi connectivity index (χ2n) is 4.19. The van der Waals surface area contributed by atoms with E-state index in [1.54, 1.807) is 19.1 Å². The number of benzene rings is 1. The fourth-order valence-electron chi connectivity index (χ4n) is 1.72. The van der Waals surface area contributed by atoms with Crippen molar-refractivity contribution >= 4 is 11.9 Å². The molecule has 2 N–H and O–H groups in total. The second-order valence-corrected chi connectivity index (χ2v) is 4.19. The highest BCUT2D eigenvalue weighted by atomic mass is 19.1. The van der Waals surface area contributed by atoms with Crippen LogP contribution in [0, 0.1) is 12.7 Å². The highest BCUT2D eigenvalue weighted by Gasteiger charge is 2.15. The summed E-state index contributed by atoms with van der Waals surface area (Å²) in [7, 11) is 0. The van der Waals surface area contributed by atoms with Gasteiger partial charge < -0.3 is 10.4 Å². The van der Waals surface area contributed by atoms with Crippen LogP contribution in [0.25, 0.3) is 0 Å². The van der Waals surface area contributed by atoms with Crippen LogP contribution in [0.3, 0.4) is 0 Å². The third-order valence-electron chi connectivity index (χ3n) is 2.61. The van der Waals surface area contributed by atoms with Gasteiger partial charge >= 0.3 is 5.97 Å². The highest BCUT2D eigenvalue weighted by molar-refractivity contribution is 5.73. The molecule has 0 aliphatic rings. The van der Waals surface area contributed by atoms with Gasteiger partial charge in [-0.25, -0.2) is 4.39 Å². The molecule has 5 heteroatoms. The van der Waals surface area contributed by atoms with Crippen LogP contribution in [0.4, 0.5) is 4.39 Å². The maximum Gasteiger partial charge on any atom is 0.303 e. The fourth-order valence-corrected chi connectivity index (χ4v) is 1.72. The highest BCUT2D eigenvalue weighted by Crippen LogP contribution is 2.21. The minimum Gasteiger partial charge on any atom is -0.481 e. The summed E-state index contributed by atoms with van der Waals surface area (Å²) in [6, 6.07) is 4.10. The summed E-state index contributed by atoms with van der Waals surface area (Å²) in [4.78, 5) is 21.7. The Morgan fingerprint density at radius 2 is 2.11 bits per heavy atom. The molecule has 1 aromatic rings. The summed E-state index contributed by atoms with van der Waals surface area (Å²) in [5, 5.41) is 11.3. The molecule has 4 nitrogen and oxygen atoms in total. The van der Waals surface area contributed by atoms with E-state index < -0.39 is 12.0 Å². The van der Waals surface area contributed by atoms with Crippen molar-refractivity contribution in [3.05, 3.63) is 35.1 Å². The van der Waals surface area contributed by atoms with E-state index in [-0.39, 0.29) is 24.6 Å². The Morgan fingerprint density at radius 3 is 2.61 bits per heavy atom. The summed E-state index contributed by atoms with van der Waals surface area (Å²) in [5.41, 5.74) is 1.18. The van der Waals surface area contributed by atoms with Crippen LogP contribution in [-0.4, -0.2) is 17.0 Å². The van der Waals surface area contributed by atoms with Crippen LogP contribution in [0.2, 0.25) is 0 Å². The van der Waals surface area contributed by atoms with Gasteiger partial charge in [0.05, 0.1) is 6.04 Å². The Bertz CT molecular complexity index is 460. The summed E-state index contributed by atoms with van der Waals surface area (Å²) in [6.45, 7) is 2.99. The minimum absolute atomic E-state index is 0.0542. The Kier molecular flexibility index (Phi) is 4.83. The van der Waals surface area contributed by atoms with Crippen molar-refractivity contribution < 1.29 is 19.1 Å². The van der Waals surface area contributed by atoms with Gasteiger partial charge in [0.25, 0.3) is 0 Å². The van der Waals surface area contributed by atoms with Crippen LogP contribution in [0.15, 0.2) is 18.2 Å². The number of carboxylic acid groups (broad SMARTS) is 1. The lowest BCUT2D eigenvalue weighted by Crippen LogP contribution is -2.26. The monoisotopic (exact) mass is 253 g/mol. The first-order valence-corrected chi connectivity index (χ1v) is 5.65. The summed E-state index contributed by atoms with van der Waals surface area (Å²) >= 11 is 0. The van der Waals surface area contributed by atoms with Crippen molar-refractivity contribution in [2.75, 3.05) is 0 Å². The first-order chi connectivity index (χ1) is 8.40. The summed E-state index contributed by atoms with van der Waals surface area (Å²) in [5.74, 6) is -1.49. The number of amides is 1. The molecular weight excluding hydrogens is 237 g/mol. The Morgan fingerprint density at radius 1 is 1.44 bits per heavy atom. The summed E-state index contributed by atoms with van der Waals surface area (Å²) < 4.78 is 13.2. The van der Waals surface area contributed by atoms with Crippen LogP contribution in [0.5, 0.6) is 0 Å². The van der Waals surface area contributed by atoms with Crippen LogP contribution >= 0.6 is 0 Å². The average Bonchev–Trinajstić information content (AvgIpc) is 2.27. The van der Waals surface area contributed by atoms with Gasteiger partial charge in [-0.05, 0) is 30.5 Å². The van der Waals surface area contributed by atoms with Crippen molar-refractivity contribution in [3.63, 3.8) is 0 Å². The zero-order valence-corrected chi connectivity index (χ0v) is 10.4. The number of rotatable bonds is 5. The molecule has 1 rings (SSSR count). The topological polar surface area (TPSA) is 66.4 Å². The van der Waals surface area contributed by atoms with Crippen molar-refractivity contribution in [1.82, 2.24) is 5.32 Å². The Labute approximate surface area is 105 Å². The standard InChI is InChI=1S/C13H16FNO3/c1-8-7-10(3-4-11(8)14)12(15-9(2)16)5-6-13(17)18/h3-4,7,12H,5-6H2,1-2H3,(H,15,16)(H,17,18). The first kappa shape index (κ1) is 14.2. The lowest BCUT2D eigenvalue weighted by atomic mass is 10.00. The molecule has 18 heavy (non-hydrogen) atoms. The zero-order valence-electron chi connectivity index (χ0n) is 10.4. The molecule has 0 heterocycles. The van der Waals surface area contributed by atoms with Gasteiger partial charge in [0.15, 0.2) is 0 Å². The number of nitrogens with one attached hydrogen (secondary N) is 1. The van der Waals surface area contributed by atoms with Gasteiger partial charge in [-0.15, -0.1) is 0 Å². The predicted octanol–water partition coefficient (Wildman–Crippen LogP) is 2.18. The third-order valence-corrected chi connectivity index (χ3v) is 2.61. The molecule has 0 saturated carbocycles. The molecular formula is C13H16FNO3. The van der Waals surface area contributed by atoms with E-state index in [0.29, 0.717) is 11.1 Å². The molecule has 0 bridgehead atoms. The van der Waals surface area contributed by atoms with Gasteiger partial charge in [0.1, 0.15) is 5.82 Å². The molecule has 0 aliphatic heterocycles. The number of carbonyl (C=O) groups excluding carboxylic acids is 1. The molecule has 0 saturated heterocycles. The molecule has 0 radical (unpaired) electrons. The van der Waals surface area contributed by atoms with E-state index in [1.807, 2.05) is 0 Å². The average molecular weight is 253 g/mol. The van der Waals surface area contributed by atoms with E-state index in [1.165, 1.54) is 13.0 Å². The van der Waals surface area contributed by atoms with Crippen LogP contribution in [-0.2, 0) is 9.59 Å². The van der Waals surface area contributed by atoms with E-state index >= 15 is 0 Å². The van der Waals surface area contributed by atoms with Crippen LogP contribution < -0.4 is 5.32 Å². The van der Waals surface area contributed by atoms with Gasteiger partial charge in [-0.1, -0.05) is 12.1 Å². The van der Waals surface area contributed by atoms with Gasteiger partial charge in [0, 0.05) is 13.3 Å². The molecule has 1 atom stereocenters. The predicted molar refractivity (Wildman–Crippen MR) is 64.6 cm³/mol. The largest absolute Gasteiger partial charge is 0.481 e. The zero-order chi connectivity index (χ0) is 13.7. The smallest absolute Gasteiger partial charge is 0.303 e. The van der Waals surface area contributed by atoms with E-state index in [4.69, 9.17) is 5.11 Å². The van der Waals surface area contributed by atoms with Crippen molar-refractivity contribution in [2.45, 2.75) is 32.7 Å². The van der Waals surface area contributed by atoms with Crippen molar-refractivity contribution in [3.8, 4) is 0 Å². The summed E-state index contributed by atoms with van der Waals surface area (Å²) in [6.07, 6.45) is 0.224. The molecule has 0 aromatic heterocycles. The minimum atomic E-state index is -0.927. The number of hydrogen-bond acceptors (Lipinski definition) is 2. The van der Waals surface area contributed by atoms with E-state index in [0.717, 1.165) is 0 Å². The lowest BCUT2D eigenvalue weighted by molar-refractivity contribution is -0.137. The molecule has 1 unspecified atom stereocenters. The maximum atomic E-state index is 13.2. The molecule has 0 fully saturated rings. The van der Waals surface area contributed by atoms with Gasteiger partial charge in [-0.2, -0.15) is 0 Å². The molecule has 0 aliphatic carbocycles. The molecule has 1 aromatic carbocycles. The number of halogens is 1. The quantitative estimate of drug-likeness (QED) is 0.845. The Hall–Kier alpha value is -1.91. The van der Waals surface area contributed by atoms with Gasteiger partial charge in [0.2, 0.25) is 5.91 Å². The molecule has 0 spiro atoms. The normalized spacial score (nSPS) is 11.9. The first-order valence-electron chi connectivity index (χ1n) is 5.65. The Balaban J connectivity index is 2.89. The fraction of sp³-hybridized carbons (Fsp3) is 0.385. The molecule has 98 valence electrons. The number of aliphatic carboxylic acids is 1. The maximum absolute atomic E-state index is 13.2. The van der Waals surface area contributed by atoms with Crippen LogP contribution in [0.1, 0.15) is 36.9 Å². The lowest BCUT2D eigenvalue weighted by Gasteiger charge is -2.18. The number of aryl methyl sites for hydroxylation is 1. The van der Waals surface area contributed by atoms with E-state index in [9.17, 15) is 14.0 Å². The number of carbonyl (C=O) groups is 2. The molecule has 1 amide bonds. The number of carboxylic acids is 1. The van der Waals surface area contributed by atoms with Gasteiger partial charge in [-0.3, -0.25) is 9.59 Å². The number of hydrogen-bond donors (Lipinski definition) is 2. The van der Waals surface area contributed by atoms with Crippen molar-refractivity contribution in [1.29, 1.82) is 0 Å². The second kappa shape index (κ2) is 6.14. The van der Waals surface area contributed by atoms with Crippen molar-refractivity contribution in [2.24, 2.45) is 0 Å². The van der Waals surface area contributed by atoms with E-state index in [2.05, 4.69) is 5.32 Å². The SMILES string of the molecule is CC(=O)NC(CCC(=O)O)c1ccc(F)c(C)c1. The third kappa shape index (κ3) is 4.16.